The van der Waals surface area contributed by atoms with E-state index < -0.39 is 0 Å². The van der Waals surface area contributed by atoms with Crippen molar-refractivity contribution >= 4 is 23.1 Å². The third kappa shape index (κ3) is 3.49. The largest absolute Gasteiger partial charge is 0.363 e. The molecule has 3 aromatic rings. The number of carbonyl (C=O) groups excluding carboxylic acids is 1. The molecule has 0 N–H and O–H groups in total. The number of thiophene rings is 1. The molecule has 0 saturated heterocycles. The van der Waals surface area contributed by atoms with Gasteiger partial charge < -0.3 is 9.80 Å². The molecule has 0 bridgehead atoms. The second-order valence-electron chi connectivity index (χ2n) is 7.18. The number of hydrogen-bond donors (Lipinski definition) is 0. The van der Waals surface area contributed by atoms with Crippen LogP contribution >= 0.6 is 11.3 Å². The maximum absolute atomic E-state index is 13.1. The first kappa shape index (κ1) is 17.8. The van der Waals surface area contributed by atoms with E-state index in [9.17, 15) is 4.79 Å². The van der Waals surface area contributed by atoms with E-state index in [-0.39, 0.29) is 5.91 Å². The Labute approximate surface area is 163 Å². The van der Waals surface area contributed by atoms with E-state index in [2.05, 4.69) is 17.0 Å². The Morgan fingerprint density at radius 2 is 1.93 bits per heavy atom. The third-order valence-electron chi connectivity index (χ3n) is 4.89. The van der Waals surface area contributed by atoms with Gasteiger partial charge in [0.1, 0.15) is 5.82 Å². The van der Waals surface area contributed by atoms with Gasteiger partial charge in [0.05, 0.1) is 17.1 Å². The Morgan fingerprint density at radius 1 is 1.19 bits per heavy atom. The van der Waals surface area contributed by atoms with Gasteiger partial charge in [-0.1, -0.05) is 36.4 Å². The molecular weight excluding hydrogens is 356 g/mol. The Hall–Kier alpha value is -2.60. The van der Waals surface area contributed by atoms with Crippen LogP contribution in [0, 0.1) is 0 Å². The lowest BCUT2D eigenvalue weighted by Crippen LogP contribution is -2.32. The summed E-state index contributed by atoms with van der Waals surface area (Å²) in [4.78, 5) is 18.0. The standard InChI is InChI=1S/C21H24N4OS/c1-23(2)20-17(19(22-24(20)3)15-8-5-4-6-9-15)14-25(16-11-12-16)21(26)18-10-7-13-27-18/h4-10,13,16H,11-12,14H2,1-3H3. The molecule has 1 amide bonds. The molecule has 1 aromatic carbocycles. The van der Waals surface area contributed by atoms with Crippen molar-refractivity contribution in [1.29, 1.82) is 0 Å². The summed E-state index contributed by atoms with van der Waals surface area (Å²) < 4.78 is 1.92. The Balaban J connectivity index is 1.76. The van der Waals surface area contributed by atoms with E-state index in [4.69, 9.17) is 5.10 Å². The molecule has 0 spiro atoms. The van der Waals surface area contributed by atoms with Gasteiger partial charge in [0.2, 0.25) is 0 Å². The number of rotatable bonds is 6. The molecule has 2 aromatic heterocycles. The van der Waals surface area contributed by atoms with Crippen LogP contribution in [0.5, 0.6) is 0 Å². The molecule has 140 valence electrons. The fraction of sp³-hybridized carbons (Fsp3) is 0.333. The molecule has 0 aliphatic heterocycles. The van der Waals surface area contributed by atoms with Crippen LogP contribution in [-0.4, -0.2) is 40.7 Å². The van der Waals surface area contributed by atoms with Crippen molar-refractivity contribution in [2.24, 2.45) is 7.05 Å². The van der Waals surface area contributed by atoms with Crippen LogP contribution in [0.1, 0.15) is 28.1 Å². The minimum Gasteiger partial charge on any atom is -0.363 e. The first-order valence-electron chi connectivity index (χ1n) is 9.19. The van der Waals surface area contributed by atoms with Crippen LogP contribution in [0.2, 0.25) is 0 Å². The first-order chi connectivity index (χ1) is 13.1. The molecule has 0 atom stereocenters. The fourth-order valence-electron chi connectivity index (χ4n) is 3.56. The lowest BCUT2D eigenvalue weighted by molar-refractivity contribution is 0.0735. The summed E-state index contributed by atoms with van der Waals surface area (Å²) in [6, 6.07) is 14.4. The first-order valence-corrected chi connectivity index (χ1v) is 10.1. The monoisotopic (exact) mass is 380 g/mol. The summed E-state index contributed by atoms with van der Waals surface area (Å²) in [5.74, 6) is 1.17. The zero-order valence-corrected chi connectivity index (χ0v) is 16.7. The van der Waals surface area contributed by atoms with Gasteiger partial charge in [-0.2, -0.15) is 5.10 Å². The van der Waals surface area contributed by atoms with E-state index >= 15 is 0 Å². The highest BCUT2D eigenvalue weighted by Gasteiger charge is 2.35. The van der Waals surface area contributed by atoms with Crippen molar-refractivity contribution in [1.82, 2.24) is 14.7 Å². The fourth-order valence-corrected chi connectivity index (χ4v) is 4.24. The third-order valence-corrected chi connectivity index (χ3v) is 5.75. The SMILES string of the molecule is CN(C)c1c(CN(C(=O)c2cccs2)C2CC2)c(-c2ccccc2)nn1C. The molecule has 0 unspecified atom stereocenters. The van der Waals surface area contributed by atoms with Gasteiger partial charge in [0.15, 0.2) is 0 Å². The summed E-state index contributed by atoms with van der Waals surface area (Å²) in [5, 5.41) is 6.76. The summed E-state index contributed by atoms with van der Waals surface area (Å²) in [6.45, 7) is 0.576. The predicted octanol–water partition coefficient (Wildman–Crippen LogP) is 4.02. The highest BCUT2D eigenvalue weighted by atomic mass is 32.1. The average molecular weight is 381 g/mol. The molecule has 1 saturated carbocycles. The van der Waals surface area contributed by atoms with Crippen molar-refractivity contribution in [3.05, 3.63) is 58.3 Å². The van der Waals surface area contributed by atoms with Crippen molar-refractivity contribution in [2.45, 2.75) is 25.4 Å². The summed E-state index contributed by atoms with van der Waals surface area (Å²) in [5.41, 5.74) is 3.13. The van der Waals surface area contributed by atoms with Crippen LogP contribution in [0.25, 0.3) is 11.3 Å². The normalized spacial score (nSPS) is 13.6. The smallest absolute Gasteiger partial charge is 0.264 e. The van der Waals surface area contributed by atoms with Gasteiger partial charge in [-0.3, -0.25) is 9.48 Å². The topological polar surface area (TPSA) is 41.4 Å². The number of anilines is 1. The second-order valence-corrected chi connectivity index (χ2v) is 8.12. The van der Waals surface area contributed by atoms with Crippen LogP contribution in [0.15, 0.2) is 47.8 Å². The molecule has 6 heteroatoms. The molecule has 0 radical (unpaired) electrons. The van der Waals surface area contributed by atoms with Crippen molar-refractivity contribution < 1.29 is 4.79 Å². The molecular formula is C21H24N4OS. The van der Waals surface area contributed by atoms with Crippen molar-refractivity contribution in [3.8, 4) is 11.3 Å². The number of amides is 1. The molecule has 2 heterocycles. The summed E-state index contributed by atoms with van der Waals surface area (Å²) in [7, 11) is 6.02. The molecule has 5 nitrogen and oxygen atoms in total. The van der Waals surface area contributed by atoms with Crippen LogP contribution in [0.4, 0.5) is 5.82 Å². The van der Waals surface area contributed by atoms with E-state index in [1.807, 2.05) is 66.4 Å². The van der Waals surface area contributed by atoms with E-state index in [1.165, 1.54) is 11.3 Å². The lowest BCUT2D eigenvalue weighted by atomic mass is 10.1. The van der Waals surface area contributed by atoms with Gasteiger partial charge in [0, 0.05) is 38.3 Å². The minimum absolute atomic E-state index is 0.125. The maximum atomic E-state index is 13.1. The van der Waals surface area contributed by atoms with Gasteiger partial charge >= 0.3 is 0 Å². The van der Waals surface area contributed by atoms with Gasteiger partial charge in [-0.25, -0.2) is 0 Å². The molecule has 1 fully saturated rings. The lowest BCUT2D eigenvalue weighted by Gasteiger charge is -2.24. The Morgan fingerprint density at radius 3 is 2.52 bits per heavy atom. The summed E-state index contributed by atoms with van der Waals surface area (Å²) in [6.07, 6.45) is 2.16. The summed E-state index contributed by atoms with van der Waals surface area (Å²) >= 11 is 1.51. The average Bonchev–Trinajstić information content (AvgIpc) is 3.23. The predicted molar refractivity (Wildman–Crippen MR) is 110 cm³/mol. The number of carbonyl (C=O) groups is 1. The van der Waals surface area contributed by atoms with E-state index in [0.717, 1.165) is 40.4 Å². The van der Waals surface area contributed by atoms with E-state index in [1.54, 1.807) is 0 Å². The van der Waals surface area contributed by atoms with Gasteiger partial charge in [-0.05, 0) is 24.3 Å². The highest BCUT2D eigenvalue weighted by molar-refractivity contribution is 7.12. The highest BCUT2D eigenvalue weighted by Crippen LogP contribution is 2.36. The van der Waals surface area contributed by atoms with Gasteiger partial charge in [-0.15, -0.1) is 11.3 Å². The minimum atomic E-state index is 0.125. The van der Waals surface area contributed by atoms with E-state index in [0.29, 0.717) is 12.6 Å². The number of nitrogens with zero attached hydrogens (tertiary/aromatic N) is 4. The van der Waals surface area contributed by atoms with Crippen molar-refractivity contribution in [3.63, 3.8) is 0 Å². The number of aryl methyl sites for hydroxylation is 1. The molecule has 4 rings (SSSR count). The number of hydrogen-bond acceptors (Lipinski definition) is 4. The zero-order valence-electron chi connectivity index (χ0n) is 15.9. The Bertz CT molecular complexity index is 927. The maximum Gasteiger partial charge on any atom is 0.264 e. The van der Waals surface area contributed by atoms with Crippen LogP contribution < -0.4 is 4.90 Å². The number of aromatic nitrogens is 2. The molecule has 1 aliphatic rings. The quantitative estimate of drug-likeness (QED) is 0.649. The molecule has 27 heavy (non-hydrogen) atoms. The van der Waals surface area contributed by atoms with Crippen molar-refractivity contribution in [2.75, 3.05) is 19.0 Å². The van der Waals surface area contributed by atoms with Gasteiger partial charge in [0.25, 0.3) is 5.91 Å². The van der Waals surface area contributed by atoms with Crippen LogP contribution in [0.3, 0.4) is 0 Å². The van der Waals surface area contributed by atoms with Crippen LogP contribution in [-0.2, 0) is 13.6 Å². The zero-order chi connectivity index (χ0) is 19.0. The number of benzene rings is 1. The second kappa shape index (κ2) is 7.19. The molecule has 1 aliphatic carbocycles. The Kier molecular flexibility index (Phi) is 4.74.